The molecule has 5 nitrogen and oxygen atoms in total. The van der Waals surface area contributed by atoms with Crippen molar-refractivity contribution in [2.45, 2.75) is 6.92 Å². The molecule has 6 heteroatoms. The zero-order valence-corrected chi connectivity index (χ0v) is 11.8. The van der Waals surface area contributed by atoms with E-state index in [1.807, 2.05) is 25.1 Å². The highest BCUT2D eigenvalue weighted by molar-refractivity contribution is 7.80. The van der Waals surface area contributed by atoms with Crippen molar-refractivity contribution < 1.29 is 9.53 Å². The number of anilines is 1. The van der Waals surface area contributed by atoms with Crippen molar-refractivity contribution in [2.75, 3.05) is 19.5 Å². The Kier molecular flexibility index (Phi) is 3.71. The number of methoxy groups -OCH3 is 1. The molecule has 0 amide bonds. The Morgan fingerprint density at radius 2 is 2.16 bits per heavy atom. The van der Waals surface area contributed by atoms with Gasteiger partial charge in [-0.05, 0) is 31.3 Å². The number of aryl methyl sites for hydroxylation is 1. The largest absolute Gasteiger partial charge is 0.464 e. The van der Waals surface area contributed by atoms with Crippen LogP contribution in [0, 0.1) is 6.92 Å². The fourth-order valence-electron chi connectivity index (χ4n) is 1.87. The molecule has 2 aromatic rings. The summed E-state index contributed by atoms with van der Waals surface area (Å²) >= 11 is 5.09. The molecule has 0 atom stereocenters. The lowest BCUT2D eigenvalue weighted by molar-refractivity contribution is 0.0596. The number of hydrogen-bond acceptors (Lipinski definition) is 3. The minimum Gasteiger partial charge on any atom is -0.464 e. The predicted octanol–water partition coefficient (Wildman–Crippen LogP) is 2.18. The lowest BCUT2D eigenvalue weighted by Crippen LogP contribution is -2.25. The highest BCUT2D eigenvalue weighted by atomic mass is 32.1. The molecule has 0 aliphatic heterocycles. The van der Waals surface area contributed by atoms with Crippen LogP contribution in [-0.4, -0.2) is 30.2 Å². The zero-order chi connectivity index (χ0) is 14.0. The number of rotatable bonds is 2. The molecule has 0 unspecified atom stereocenters. The number of nitrogens with one attached hydrogen (secondary N) is 3. The van der Waals surface area contributed by atoms with Crippen LogP contribution >= 0.6 is 12.2 Å². The number of aromatic amines is 1. The van der Waals surface area contributed by atoms with Crippen molar-refractivity contribution >= 4 is 39.9 Å². The molecule has 3 N–H and O–H groups in total. The fourth-order valence-corrected chi connectivity index (χ4v) is 1.97. The normalized spacial score (nSPS) is 10.3. The molecule has 100 valence electrons. The molecule has 0 saturated carbocycles. The second-order valence-corrected chi connectivity index (χ2v) is 4.53. The van der Waals surface area contributed by atoms with E-state index in [2.05, 4.69) is 15.6 Å². The van der Waals surface area contributed by atoms with E-state index in [0.29, 0.717) is 16.5 Å². The van der Waals surface area contributed by atoms with Crippen molar-refractivity contribution in [1.29, 1.82) is 0 Å². The Balaban J connectivity index is 2.62. The molecule has 0 fully saturated rings. The van der Waals surface area contributed by atoms with E-state index >= 15 is 0 Å². The molecule has 1 aromatic carbocycles. The SMILES string of the molecule is CNC(=S)Nc1c(C(=O)OC)[nH]c2ccc(C)cc12. The summed E-state index contributed by atoms with van der Waals surface area (Å²) < 4.78 is 4.78. The van der Waals surface area contributed by atoms with Gasteiger partial charge in [-0.3, -0.25) is 0 Å². The van der Waals surface area contributed by atoms with Gasteiger partial charge >= 0.3 is 5.97 Å². The summed E-state index contributed by atoms with van der Waals surface area (Å²) in [4.78, 5) is 14.8. The van der Waals surface area contributed by atoms with Gasteiger partial charge in [-0.2, -0.15) is 0 Å². The van der Waals surface area contributed by atoms with E-state index < -0.39 is 5.97 Å². The van der Waals surface area contributed by atoms with Gasteiger partial charge in [0.15, 0.2) is 5.11 Å². The van der Waals surface area contributed by atoms with Gasteiger partial charge in [-0.15, -0.1) is 0 Å². The van der Waals surface area contributed by atoms with E-state index in [1.54, 1.807) is 7.05 Å². The van der Waals surface area contributed by atoms with Gasteiger partial charge < -0.3 is 20.4 Å². The topological polar surface area (TPSA) is 66.2 Å². The summed E-state index contributed by atoms with van der Waals surface area (Å²) in [5, 5.41) is 7.17. The Labute approximate surface area is 116 Å². The van der Waals surface area contributed by atoms with Crippen LogP contribution < -0.4 is 10.6 Å². The number of thiocarbonyl (C=S) groups is 1. The molecule has 0 saturated heterocycles. The molecule has 0 aliphatic carbocycles. The highest BCUT2D eigenvalue weighted by Gasteiger charge is 2.19. The van der Waals surface area contributed by atoms with Gasteiger partial charge in [0.05, 0.1) is 12.8 Å². The summed E-state index contributed by atoms with van der Waals surface area (Å²) in [5.74, 6) is -0.435. The lowest BCUT2D eigenvalue weighted by Gasteiger charge is -2.08. The number of fused-ring (bicyclic) bond motifs is 1. The zero-order valence-electron chi connectivity index (χ0n) is 11.0. The Hall–Kier alpha value is -2.08. The summed E-state index contributed by atoms with van der Waals surface area (Å²) in [6.07, 6.45) is 0. The van der Waals surface area contributed by atoms with E-state index in [0.717, 1.165) is 16.5 Å². The number of ether oxygens (including phenoxy) is 1. The fraction of sp³-hybridized carbons (Fsp3) is 0.231. The summed E-state index contributed by atoms with van der Waals surface area (Å²) in [5.41, 5.74) is 2.94. The molecule has 0 bridgehead atoms. The van der Waals surface area contributed by atoms with Gasteiger partial charge in [0.1, 0.15) is 5.69 Å². The van der Waals surface area contributed by atoms with Gasteiger partial charge in [0, 0.05) is 18.0 Å². The van der Waals surface area contributed by atoms with Crippen molar-refractivity contribution in [1.82, 2.24) is 10.3 Å². The molecule has 0 aliphatic rings. The molecule has 2 rings (SSSR count). The maximum Gasteiger partial charge on any atom is 0.356 e. The molecule has 1 aromatic heterocycles. The molecule has 19 heavy (non-hydrogen) atoms. The minimum absolute atomic E-state index is 0.362. The number of esters is 1. The average molecular weight is 277 g/mol. The van der Waals surface area contributed by atoms with E-state index in [9.17, 15) is 4.79 Å². The van der Waals surface area contributed by atoms with Crippen LogP contribution in [0.4, 0.5) is 5.69 Å². The highest BCUT2D eigenvalue weighted by Crippen LogP contribution is 2.29. The first-order valence-corrected chi connectivity index (χ1v) is 6.17. The third-order valence-corrected chi connectivity index (χ3v) is 3.12. The monoisotopic (exact) mass is 277 g/mol. The van der Waals surface area contributed by atoms with E-state index in [1.165, 1.54) is 7.11 Å². The first-order valence-electron chi connectivity index (χ1n) is 5.76. The maximum absolute atomic E-state index is 11.8. The summed E-state index contributed by atoms with van der Waals surface area (Å²) in [6, 6.07) is 5.88. The van der Waals surface area contributed by atoms with Crippen LogP contribution in [0.3, 0.4) is 0 Å². The van der Waals surface area contributed by atoms with Crippen LogP contribution in [-0.2, 0) is 4.74 Å². The Morgan fingerprint density at radius 3 is 2.79 bits per heavy atom. The predicted molar refractivity (Wildman–Crippen MR) is 79.7 cm³/mol. The van der Waals surface area contributed by atoms with Gasteiger partial charge in [-0.25, -0.2) is 4.79 Å². The first-order chi connectivity index (χ1) is 9.06. The first kappa shape index (κ1) is 13.4. The summed E-state index contributed by atoms with van der Waals surface area (Å²) in [7, 11) is 3.06. The Bertz CT molecular complexity index is 649. The Morgan fingerprint density at radius 1 is 1.42 bits per heavy atom. The second-order valence-electron chi connectivity index (χ2n) is 4.12. The van der Waals surface area contributed by atoms with Crippen molar-refractivity contribution in [3.05, 3.63) is 29.5 Å². The number of carbonyl (C=O) groups is 1. The number of aromatic nitrogens is 1. The molecular weight excluding hydrogens is 262 g/mol. The third-order valence-electron chi connectivity index (χ3n) is 2.81. The maximum atomic E-state index is 11.8. The van der Waals surface area contributed by atoms with Crippen molar-refractivity contribution in [2.24, 2.45) is 0 Å². The number of benzene rings is 1. The van der Waals surface area contributed by atoms with E-state index in [-0.39, 0.29) is 0 Å². The molecule has 0 radical (unpaired) electrons. The van der Waals surface area contributed by atoms with Gasteiger partial charge in [0.25, 0.3) is 0 Å². The summed E-state index contributed by atoms with van der Waals surface area (Å²) in [6.45, 7) is 1.99. The second kappa shape index (κ2) is 5.27. The van der Waals surface area contributed by atoms with Crippen LogP contribution in [0.2, 0.25) is 0 Å². The standard InChI is InChI=1S/C13H15N3O2S/c1-7-4-5-9-8(6-7)10(16-13(19)14-2)11(15-9)12(17)18-3/h4-6,15H,1-3H3,(H2,14,16,19). The molecule has 0 spiro atoms. The van der Waals surface area contributed by atoms with Crippen molar-refractivity contribution in [3.63, 3.8) is 0 Å². The van der Waals surface area contributed by atoms with Gasteiger partial charge in [-0.1, -0.05) is 11.6 Å². The smallest absolute Gasteiger partial charge is 0.356 e. The van der Waals surface area contributed by atoms with Gasteiger partial charge in [0.2, 0.25) is 0 Å². The molecule has 1 heterocycles. The number of hydrogen-bond donors (Lipinski definition) is 3. The van der Waals surface area contributed by atoms with Crippen LogP contribution in [0.5, 0.6) is 0 Å². The minimum atomic E-state index is -0.435. The van der Waals surface area contributed by atoms with Crippen LogP contribution in [0.1, 0.15) is 16.1 Å². The van der Waals surface area contributed by atoms with Crippen LogP contribution in [0.15, 0.2) is 18.2 Å². The quantitative estimate of drug-likeness (QED) is 0.580. The number of H-pyrrole nitrogens is 1. The average Bonchev–Trinajstić information content (AvgIpc) is 2.76. The van der Waals surface area contributed by atoms with E-state index in [4.69, 9.17) is 17.0 Å². The van der Waals surface area contributed by atoms with Crippen molar-refractivity contribution in [3.8, 4) is 0 Å². The third kappa shape index (κ3) is 2.53. The molecular formula is C13H15N3O2S. The lowest BCUT2D eigenvalue weighted by atomic mass is 10.1. The van der Waals surface area contributed by atoms with Crippen LogP contribution in [0.25, 0.3) is 10.9 Å². The number of carbonyl (C=O) groups excluding carboxylic acids is 1.